The Bertz CT molecular complexity index is 859. The zero-order valence-corrected chi connectivity index (χ0v) is 15.6. The molecule has 2 aromatic heterocycles. The summed E-state index contributed by atoms with van der Waals surface area (Å²) in [6.07, 6.45) is 8.63. The number of pyridine rings is 1. The van der Waals surface area contributed by atoms with Gasteiger partial charge in [-0.05, 0) is 25.0 Å². The molecule has 2 heterocycles. The smallest absolute Gasteiger partial charge is 0.223 e. The highest BCUT2D eigenvalue weighted by Crippen LogP contribution is 2.30. The zero-order valence-electron chi connectivity index (χ0n) is 15.6. The molecule has 0 spiro atoms. The van der Waals surface area contributed by atoms with E-state index in [1.807, 2.05) is 48.7 Å². The molecular weight excluding hydrogens is 338 g/mol. The van der Waals surface area contributed by atoms with Gasteiger partial charge >= 0.3 is 0 Å². The number of imidazole rings is 1. The topological polar surface area (TPSA) is 67.9 Å². The van der Waals surface area contributed by atoms with Crippen LogP contribution in [0.3, 0.4) is 0 Å². The summed E-state index contributed by atoms with van der Waals surface area (Å²) in [7, 11) is 1.64. The lowest BCUT2D eigenvalue weighted by Gasteiger charge is -2.08. The van der Waals surface area contributed by atoms with Gasteiger partial charge in [0.2, 0.25) is 5.88 Å². The number of unbranched alkanes of at least 4 members (excludes halogenated alkanes) is 4. The summed E-state index contributed by atoms with van der Waals surface area (Å²) < 4.78 is 5.52. The second-order valence-corrected chi connectivity index (χ2v) is 6.48. The predicted molar refractivity (Wildman–Crippen MR) is 107 cm³/mol. The standard InChI is InChI=1S/C22H25N3O2/c1-27-22-18(13-14-19(25-22)17-10-6-5-7-11-17)20-16-23-21(24-20)12-8-3-2-4-9-15-26/h5-7,10-11,13-16H,2-4,8-9,12H2,1H3,(H,23,24). The maximum Gasteiger partial charge on any atom is 0.223 e. The van der Waals surface area contributed by atoms with Crippen LogP contribution >= 0.6 is 0 Å². The van der Waals surface area contributed by atoms with E-state index in [2.05, 4.69) is 15.0 Å². The lowest BCUT2D eigenvalue weighted by molar-refractivity contribution is -0.107. The molecule has 5 heteroatoms. The van der Waals surface area contributed by atoms with Crippen molar-refractivity contribution in [2.75, 3.05) is 7.11 Å². The molecule has 0 saturated heterocycles. The second-order valence-electron chi connectivity index (χ2n) is 6.48. The van der Waals surface area contributed by atoms with Crippen molar-refractivity contribution in [1.82, 2.24) is 15.0 Å². The Morgan fingerprint density at radius 1 is 1.04 bits per heavy atom. The number of nitrogens with zero attached hydrogens (tertiary/aromatic N) is 2. The average molecular weight is 363 g/mol. The van der Waals surface area contributed by atoms with E-state index in [1.165, 1.54) is 0 Å². The minimum Gasteiger partial charge on any atom is -0.480 e. The lowest BCUT2D eigenvalue weighted by Crippen LogP contribution is -1.94. The number of methoxy groups -OCH3 is 1. The molecule has 27 heavy (non-hydrogen) atoms. The molecule has 1 N–H and O–H groups in total. The van der Waals surface area contributed by atoms with Gasteiger partial charge in [-0.25, -0.2) is 9.97 Å². The number of hydrogen-bond donors (Lipinski definition) is 1. The number of aldehydes is 1. The number of nitrogens with one attached hydrogen (secondary N) is 1. The summed E-state index contributed by atoms with van der Waals surface area (Å²) in [5.41, 5.74) is 3.75. The number of aromatic nitrogens is 3. The van der Waals surface area contributed by atoms with Crippen molar-refractivity contribution in [3.05, 3.63) is 54.5 Å². The van der Waals surface area contributed by atoms with Gasteiger partial charge in [0.15, 0.2) is 0 Å². The van der Waals surface area contributed by atoms with Crippen LogP contribution in [0.4, 0.5) is 0 Å². The van der Waals surface area contributed by atoms with Crippen LogP contribution in [0.25, 0.3) is 22.5 Å². The van der Waals surface area contributed by atoms with E-state index in [1.54, 1.807) is 7.11 Å². The van der Waals surface area contributed by atoms with E-state index in [0.717, 1.165) is 66.7 Å². The number of benzene rings is 1. The largest absolute Gasteiger partial charge is 0.480 e. The van der Waals surface area contributed by atoms with Crippen LogP contribution in [0.5, 0.6) is 5.88 Å². The molecule has 3 aromatic rings. The van der Waals surface area contributed by atoms with Gasteiger partial charge in [-0.1, -0.05) is 43.2 Å². The van der Waals surface area contributed by atoms with Gasteiger partial charge in [0.1, 0.15) is 12.1 Å². The minimum atomic E-state index is 0.584. The van der Waals surface area contributed by atoms with Crippen LogP contribution in [0.2, 0.25) is 0 Å². The Labute approximate surface area is 159 Å². The molecule has 0 bridgehead atoms. The van der Waals surface area contributed by atoms with Crippen LogP contribution < -0.4 is 4.74 Å². The summed E-state index contributed by atoms with van der Waals surface area (Å²) in [5, 5.41) is 0. The molecule has 0 atom stereocenters. The van der Waals surface area contributed by atoms with Crippen molar-refractivity contribution < 1.29 is 9.53 Å². The van der Waals surface area contributed by atoms with Gasteiger partial charge < -0.3 is 14.5 Å². The molecule has 5 nitrogen and oxygen atoms in total. The molecule has 0 aliphatic carbocycles. The highest BCUT2D eigenvalue weighted by molar-refractivity contribution is 5.69. The first-order valence-corrected chi connectivity index (χ1v) is 9.40. The second kappa shape index (κ2) is 9.67. The van der Waals surface area contributed by atoms with Crippen LogP contribution in [0.1, 0.15) is 37.9 Å². The van der Waals surface area contributed by atoms with Crippen molar-refractivity contribution in [3.8, 4) is 28.4 Å². The number of H-pyrrole nitrogens is 1. The minimum absolute atomic E-state index is 0.584. The number of carbonyl (C=O) groups excluding carboxylic acids is 1. The molecular formula is C22H25N3O2. The summed E-state index contributed by atoms with van der Waals surface area (Å²) in [6.45, 7) is 0. The Morgan fingerprint density at radius 2 is 1.85 bits per heavy atom. The van der Waals surface area contributed by atoms with E-state index in [0.29, 0.717) is 12.3 Å². The quantitative estimate of drug-likeness (QED) is 0.413. The molecule has 0 aliphatic heterocycles. The first-order chi connectivity index (χ1) is 13.3. The summed E-state index contributed by atoms with van der Waals surface area (Å²) >= 11 is 0. The first kappa shape index (κ1) is 18.8. The van der Waals surface area contributed by atoms with Crippen LogP contribution in [-0.4, -0.2) is 28.3 Å². The predicted octanol–water partition coefficient (Wildman–Crippen LogP) is 4.84. The number of aromatic amines is 1. The molecule has 0 fully saturated rings. The van der Waals surface area contributed by atoms with Gasteiger partial charge in [0.05, 0.1) is 30.3 Å². The van der Waals surface area contributed by atoms with E-state index in [-0.39, 0.29) is 0 Å². The van der Waals surface area contributed by atoms with E-state index in [4.69, 9.17) is 4.74 Å². The average Bonchev–Trinajstić information content (AvgIpc) is 3.19. The Balaban J connectivity index is 1.67. The van der Waals surface area contributed by atoms with Crippen LogP contribution in [0, 0.1) is 0 Å². The van der Waals surface area contributed by atoms with E-state index in [9.17, 15) is 4.79 Å². The molecule has 0 amide bonds. The third-order valence-corrected chi connectivity index (χ3v) is 4.53. The summed E-state index contributed by atoms with van der Waals surface area (Å²) in [4.78, 5) is 22.8. The van der Waals surface area contributed by atoms with Crippen molar-refractivity contribution >= 4 is 6.29 Å². The fourth-order valence-corrected chi connectivity index (χ4v) is 3.07. The molecule has 0 unspecified atom stereocenters. The number of ether oxygens (including phenoxy) is 1. The fourth-order valence-electron chi connectivity index (χ4n) is 3.07. The number of hydrogen-bond acceptors (Lipinski definition) is 4. The number of carbonyl (C=O) groups is 1. The van der Waals surface area contributed by atoms with Crippen molar-refractivity contribution in [1.29, 1.82) is 0 Å². The van der Waals surface area contributed by atoms with Crippen molar-refractivity contribution in [2.24, 2.45) is 0 Å². The maximum atomic E-state index is 10.3. The molecule has 1 aromatic carbocycles. The van der Waals surface area contributed by atoms with Crippen LogP contribution in [-0.2, 0) is 11.2 Å². The SMILES string of the molecule is COc1nc(-c2ccccc2)ccc1-c1cnc(CCCCCCC=O)[nH]1. The Hall–Kier alpha value is -2.95. The molecule has 3 rings (SSSR count). The first-order valence-electron chi connectivity index (χ1n) is 9.40. The summed E-state index contributed by atoms with van der Waals surface area (Å²) in [5.74, 6) is 1.55. The highest BCUT2D eigenvalue weighted by Gasteiger charge is 2.12. The number of aryl methyl sites for hydroxylation is 1. The maximum absolute atomic E-state index is 10.3. The highest BCUT2D eigenvalue weighted by atomic mass is 16.5. The zero-order chi connectivity index (χ0) is 18.9. The molecule has 0 radical (unpaired) electrons. The van der Waals surface area contributed by atoms with E-state index >= 15 is 0 Å². The monoisotopic (exact) mass is 363 g/mol. The van der Waals surface area contributed by atoms with Crippen molar-refractivity contribution in [3.63, 3.8) is 0 Å². The molecule has 140 valence electrons. The molecule has 0 saturated carbocycles. The summed E-state index contributed by atoms with van der Waals surface area (Å²) in [6, 6.07) is 14.1. The Morgan fingerprint density at radius 3 is 2.63 bits per heavy atom. The van der Waals surface area contributed by atoms with Gasteiger partial charge in [0, 0.05) is 18.4 Å². The molecule has 0 aliphatic rings. The van der Waals surface area contributed by atoms with Crippen molar-refractivity contribution in [2.45, 2.75) is 38.5 Å². The van der Waals surface area contributed by atoms with Gasteiger partial charge in [-0.3, -0.25) is 0 Å². The fraction of sp³-hybridized carbons (Fsp3) is 0.318. The van der Waals surface area contributed by atoms with Gasteiger partial charge in [-0.15, -0.1) is 0 Å². The third kappa shape index (κ3) is 5.03. The van der Waals surface area contributed by atoms with E-state index < -0.39 is 0 Å². The lowest BCUT2D eigenvalue weighted by atomic mass is 10.1. The van der Waals surface area contributed by atoms with Crippen LogP contribution in [0.15, 0.2) is 48.7 Å². The number of rotatable bonds is 10. The Kier molecular flexibility index (Phi) is 6.74. The van der Waals surface area contributed by atoms with Gasteiger partial charge in [0.25, 0.3) is 0 Å². The van der Waals surface area contributed by atoms with Gasteiger partial charge in [-0.2, -0.15) is 0 Å². The third-order valence-electron chi connectivity index (χ3n) is 4.53. The normalized spacial score (nSPS) is 10.7.